The molecule has 0 aliphatic heterocycles. The molecule has 2 rings (SSSR count). The Balaban J connectivity index is 2.21. The van der Waals surface area contributed by atoms with Gasteiger partial charge in [-0.05, 0) is 39.7 Å². The van der Waals surface area contributed by atoms with Gasteiger partial charge in [-0.2, -0.15) is 0 Å². The molecule has 1 N–H and O–H groups in total. The zero-order valence-electron chi connectivity index (χ0n) is 8.42. The van der Waals surface area contributed by atoms with E-state index in [0.717, 1.165) is 5.92 Å². The predicted octanol–water partition coefficient (Wildman–Crippen LogP) is 2.43. The number of aryl methyl sites for hydroxylation is 2. The molecule has 1 heterocycles. The Bertz CT molecular complexity index is 282. The zero-order chi connectivity index (χ0) is 9.42. The summed E-state index contributed by atoms with van der Waals surface area (Å²) in [4.78, 5) is 5.96. The summed E-state index contributed by atoms with van der Waals surface area (Å²) < 4.78 is 0. The third kappa shape index (κ3) is 1.76. The molecule has 0 amide bonds. The number of hydrogen-bond acceptors (Lipinski definition) is 3. The van der Waals surface area contributed by atoms with Crippen molar-refractivity contribution in [1.29, 1.82) is 0 Å². The molecule has 1 aliphatic rings. The number of nitrogens with zero attached hydrogens (tertiary/aromatic N) is 1. The lowest BCUT2D eigenvalue weighted by Gasteiger charge is -2.10. The summed E-state index contributed by atoms with van der Waals surface area (Å²) in [6.45, 7) is 4.24. The molecule has 1 unspecified atom stereocenters. The van der Waals surface area contributed by atoms with Crippen LogP contribution in [0.25, 0.3) is 0 Å². The van der Waals surface area contributed by atoms with Gasteiger partial charge in [-0.3, -0.25) is 0 Å². The first-order valence-electron chi connectivity index (χ1n) is 4.83. The molecule has 0 saturated heterocycles. The van der Waals surface area contributed by atoms with Gasteiger partial charge in [0.2, 0.25) is 0 Å². The Kier molecular flexibility index (Phi) is 2.39. The van der Waals surface area contributed by atoms with Crippen molar-refractivity contribution in [3.63, 3.8) is 0 Å². The van der Waals surface area contributed by atoms with Crippen molar-refractivity contribution in [2.45, 2.75) is 32.7 Å². The van der Waals surface area contributed by atoms with E-state index in [9.17, 15) is 0 Å². The van der Waals surface area contributed by atoms with Crippen molar-refractivity contribution in [2.75, 3.05) is 7.05 Å². The van der Waals surface area contributed by atoms with Crippen molar-refractivity contribution in [3.05, 3.63) is 15.6 Å². The van der Waals surface area contributed by atoms with Crippen molar-refractivity contribution in [2.24, 2.45) is 5.92 Å². The second-order valence-corrected chi connectivity index (χ2v) is 5.03. The van der Waals surface area contributed by atoms with Crippen LogP contribution in [0.2, 0.25) is 0 Å². The lowest BCUT2D eigenvalue weighted by atomic mass is 10.2. The van der Waals surface area contributed by atoms with Crippen LogP contribution >= 0.6 is 11.3 Å². The summed E-state index contributed by atoms with van der Waals surface area (Å²) in [5.41, 5.74) is 1.20. The number of nitrogens with one attached hydrogen (secondary N) is 1. The van der Waals surface area contributed by atoms with Crippen molar-refractivity contribution in [1.82, 2.24) is 10.3 Å². The highest BCUT2D eigenvalue weighted by Crippen LogP contribution is 2.42. The van der Waals surface area contributed by atoms with E-state index in [1.54, 1.807) is 0 Å². The fourth-order valence-electron chi connectivity index (χ4n) is 1.62. The first-order valence-corrected chi connectivity index (χ1v) is 5.65. The monoisotopic (exact) mass is 196 g/mol. The molecule has 1 aliphatic carbocycles. The highest BCUT2D eigenvalue weighted by atomic mass is 32.1. The molecule has 1 fully saturated rings. The van der Waals surface area contributed by atoms with Crippen LogP contribution in [0.5, 0.6) is 0 Å². The van der Waals surface area contributed by atoms with Crippen molar-refractivity contribution in [3.8, 4) is 0 Å². The smallest absolute Gasteiger partial charge is 0.110 e. The Hall–Kier alpha value is -0.410. The fraction of sp³-hybridized carbons (Fsp3) is 0.700. The summed E-state index contributed by atoms with van der Waals surface area (Å²) in [6, 6.07) is 0.511. The molecule has 0 bridgehead atoms. The van der Waals surface area contributed by atoms with E-state index >= 15 is 0 Å². The van der Waals surface area contributed by atoms with Crippen molar-refractivity contribution >= 4 is 11.3 Å². The maximum Gasteiger partial charge on any atom is 0.110 e. The Labute approximate surface area is 83.4 Å². The number of hydrogen-bond donors (Lipinski definition) is 1. The van der Waals surface area contributed by atoms with Gasteiger partial charge in [0.15, 0.2) is 0 Å². The van der Waals surface area contributed by atoms with Crippen LogP contribution < -0.4 is 5.32 Å². The van der Waals surface area contributed by atoms with Gasteiger partial charge in [-0.25, -0.2) is 4.98 Å². The molecule has 1 atom stereocenters. The van der Waals surface area contributed by atoms with Crippen LogP contribution in [0.3, 0.4) is 0 Å². The SMILES string of the molecule is CNC(c1nc(C)c(C)s1)C1CC1. The number of rotatable bonds is 3. The predicted molar refractivity (Wildman–Crippen MR) is 56.1 cm³/mol. The highest BCUT2D eigenvalue weighted by molar-refractivity contribution is 7.11. The van der Waals surface area contributed by atoms with Gasteiger partial charge >= 0.3 is 0 Å². The van der Waals surface area contributed by atoms with E-state index in [4.69, 9.17) is 0 Å². The number of thiazole rings is 1. The Morgan fingerprint density at radius 2 is 2.15 bits per heavy atom. The molecule has 1 aromatic rings. The normalized spacial score (nSPS) is 19.0. The lowest BCUT2D eigenvalue weighted by Crippen LogP contribution is -2.17. The van der Waals surface area contributed by atoms with E-state index in [2.05, 4.69) is 24.1 Å². The summed E-state index contributed by atoms with van der Waals surface area (Å²) in [6.07, 6.45) is 2.73. The second-order valence-electron chi connectivity index (χ2n) is 3.80. The van der Waals surface area contributed by atoms with Gasteiger partial charge < -0.3 is 5.32 Å². The summed E-state index contributed by atoms with van der Waals surface area (Å²) in [5, 5.41) is 4.65. The van der Waals surface area contributed by atoms with Gasteiger partial charge in [-0.15, -0.1) is 11.3 Å². The summed E-state index contributed by atoms with van der Waals surface area (Å²) in [5.74, 6) is 0.843. The molecule has 13 heavy (non-hydrogen) atoms. The van der Waals surface area contributed by atoms with Crippen LogP contribution in [-0.4, -0.2) is 12.0 Å². The molecular weight excluding hydrogens is 180 g/mol. The van der Waals surface area contributed by atoms with Crippen molar-refractivity contribution < 1.29 is 0 Å². The highest BCUT2D eigenvalue weighted by Gasteiger charge is 2.33. The third-order valence-corrected chi connectivity index (χ3v) is 3.87. The molecule has 1 aromatic heterocycles. The topological polar surface area (TPSA) is 24.9 Å². The van der Waals surface area contributed by atoms with E-state index in [-0.39, 0.29) is 0 Å². The van der Waals surface area contributed by atoms with Gasteiger partial charge in [-0.1, -0.05) is 0 Å². The van der Waals surface area contributed by atoms with Gasteiger partial charge in [0, 0.05) is 4.88 Å². The maximum atomic E-state index is 4.60. The molecule has 72 valence electrons. The average Bonchev–Trinajstić information content (AvgIpc) is 2.84. The first kappa shape index (κ1) is 9.16. The standard InChI is InChI=1S/C10H16N2S/c1-6-7(2)13-10(12-6)9(11-3)8-4-5-8/h8-9,11H,4-5H2,1-3H3. The second kappa shape index (κ2) is 3.39. The van der Waals surface area contributed by atoms with E-state index < -0.39 is 0 Å². The number of aromatic nitrogens is 1. The first-order chi connectivity index (χ1) is 6.22. The fourth-order valence-corrected chi connectivity index (χ4v) is 2.75. The van der Waals surface area contributed by atoms with Crippen LogP contribution in [0.1, 0.15) is 34.5 Å². The molecule has 0 radical (unpaired) electrons. The minimum absolute atomic E-state index is 0.511. The summed E-state index contributed by atoms with van der Waals surface area (Å²) >= 11 is 1.84. The van der Waals surface area contributed by atoms with Gasteiger partial charge in [0.05, 0.1) is 11.7 Å². The average molecular weight is 196 g/mol. The third-order valence-electron chi connectivity index (χ3n) is 2.72. The van der Waals surface area contributed by atoms with E-state index in [1.807, 2.05) is 18.4 Å². The maximum absolute atomic E-state index is 4.60. The summed E-state index contributed by atoms with van der Waals surface area (Å²) in [7, 11) is 2.04. The largest absolute Gasteiger partial charge is 0.311 e. The van der Waals surface area contributed by atoms with Crippen LogP contribution in [0.4, 0.5) is 0 Å². The van der Waals surface area contributed by atoms with Gasteiger partial charge in [0.25, 0.3) is 0 Å². The Morgan fingerprint density at radius 3 is 2.54 bits per heavy atom. The molecule has 1 saturated carbocycles. The molecule has 0 spiro atoms. The molecular formula is C10H16N2S. The minimum Gasteiger partial charge on any atom is -0.311 e. The van der Waals surface area contributed by atoms with Crippen LogP contribution in [0, 0.1) is 19.8 Å². The van der Waals surface area contributed by atoms with Crippen LogP contribution in [0.15, 0.2) is 0 Å². The molecule has 0 aromatic carbocycles. The van der Waals surface area contributed by atoms with E-state index in [1.165, 1.54) is 28.4 Å². The zero-order valence-corrected chi connectivity index (χ0v) is 9.24. The quantitative estimate of drug-likeness (QED) is 0.803. The molecule has 2 nitrogen and oxygen atoms in total. The lowest BCUT2D eigenvalue weighted by molar-refractivity contribution is 0.525. The van der Waals surface area contributed by atoms with Crippen LogP contribution in [-0.2, 0) is 0 Å². The van der Waals surface area contributed by atoms with E-state index in [0.29, 0.717) is 6.04 Å². The Morgan fingerprint density at radius 1 is 1.46 bits per heavy atom. The van der Waals surface area contributed by atoms with Gasteiger partial charge in [0.1, 0.15) is 5.01 Å². The molecule has 3 heteroatoms. The minimum atomic E-state index is 0.511.